The smallest absolute Gasteiger partial charge is 0.143 e. The first-order valence-corrected chi connectivity index (χ1v) is 5.64. The Balaban J connectivity index is 2.20. The van der Waals surface area contributed by atoms with Crippen LogP contribution in [0, 0.1) is 17.7 Å². The summed E-state index contributed by atoms with van der Waals surface area (Å²) in [7, 11) is 1.59. The van der Waals surface area contributed by atoms with Crippen molar-refractivity contribution in [3.05, 3.63) is 71.5 Å². The maximum absolute atomic E-state index is 12.8. The molecule has 0 aliphatic heterocycles. The molecule has 0 spiro atoms. The van der Waals surface area contributed by atoms with Crippen molar-refractivity contribution in [1.29, 1.82) is 0 Å². The monoisotopic (exact) mass is 240 g/mol. The third-order valence-corrected chi connectivity index (χ3v) is 2.53. The minimum absolute atomic E-state index is 0.260. The molecule has 0 N–H and O–H groups in total. The molecule has 1 atom stereocenters. The summed E-state index contributed by atoms with van der Waals surface area (Å²) < 4.78 is 18.1. The average Bonchev–Trinajstić information content (AvgIpc) is 2.42. The lowest BCUT2D eigenvalue weighted by molar-refractivity contribution is 0.150. The largest absolute Gasteiger partial charge is 0.364 e. The van der Waals surface area contributed by atoms with Gasteiger partial charge in [0.15, 0.2) is 0 Å². The molecule has 0 aliphatic rings. The van der Waals surface area contributed by atoms with Gasteiger partial charge in [-0.15, -0.1) is 0 Å². The molecule has 2 aromatic rings. The van der Waals surface area contributed by atoms with E-state index in [0.717, 1.165) is 11.1 Å². The van der Waals surface area contributed by atoms with Crippen LogP contribution in [0.15, 0.2) is 54.6 Å². The Bertz CT molecular complexity index is 549. The van der Waals surface area contributed by atoms with E-state index >= 15 is 0 Å². The van der Waals surface area contributed by atoms with E-state index in [-0.39, 0.29) is 11.9 Å². The third-order valence-electron chi connectivity index (χ3n) is 2.53. The van der Waals surface area contributed by atoms with Gasteiger partial charge < -0.3 is 4.74 Å². The molecule has 18 heavy (non-hydrogen) atoms. The number of methoxy groups -OCH3 is 1. The Labute approximate surface area is 106 Å². The van der Waals surface area contributed by atoms with Crippen LogP contribution in [-0.4, -0.2) is 7.11 Å². The molecule has 1 nitrogen and oxygen atoms in total. The highest BCUT2D eigenvalue weighted by molar-refractivity contribution is 5.36. The lowest BCUT2D eigenvalue weighted by Gasteiger charge is -2.08. The first kappa shape index (κ1) is 12.3. The molecular formula is C16H13FO. The molecule has 0 radical (unpaired) electrons. The van der Waals surface area contributed by atoms with Crippen LogP contribution in [0.25, 0.3) is 0 Å². The molecule has 0 aromatic heterocycles. The van der Waals surface area contributed by atoms with Crippen molar-refractivity contribution in [1.82, 2.24) is 0 Å². The van der Waals surface area contributed by atoms with E-state index in [9.17, 15) is 4.39 Å². The molecule has 0 aliphatic carbocycles. The zero-order valence-corrected chi connectivity index (χ0v) is 10.1. The number of halogens is 1. The van der Waals surface area contributed by atoms with Gasteiger partial charge in [-0.25, -0.2) is 4.39 Å². The maximum atomic E-state index is 12.8. The van der Waals surface area contributed by atoms with Crippen molar-refractivity contribution >= 4 is 0 Å². The number of benzene rings is 2. The van der Waals surface area contributed by atoms with Gasteiger partial charge in [-0.1, -0.05) is 42.2 Å². The molecular weight excluding hydrogens is 227 g/mol. The molecule has 0 bridgehead atoms. The van der Waals surface area contributed by atoms with E-state index in [0.29, 0.717) is 0 Å². The Morgan fingerprint density at radius 1 is 1.00 bits per heavy atom. The summed E-state index contributed by atoms with van der Waals surface area (Å²) in [5.41, 5.74) is 1.78. The van der Waals surface area contributed by atoms with Gasteiger partial charge in [-0.3, -0.25) is 0 Å². The van der Waals surface area contributed by atoms with Gasteiger partial charge >= 0.3 is 0 Å². The van der Waals surface area contributed by atoms with E-state index in [4.69, 9.17) is 4.74 Å². The van der Waals surface area contributed by atoms with E-state index < -0.39 is 0 Å². The van der Waals surface area contributed by atoms with Crippen LogP contribution in [0.1, 0.15) is 17.2 Å². The van der Waals surface area contributed by atoms with E-state index in [2.05, 4.69) is 11.8 Å². The fourth-order valence-corrected chi connectivity index (χ4v) is 1.59. The zero-order chi connectivity index (χ0) is 12.8. The highest BCUT2D eigenvalue weighted by atomic mass is 19.1. The number of rotatable bonds is 2. The predicted molar refractivity (Wildman–Crippen MR) is 69.5 cm³/mol. The lowest BCUT2D eigenvalue weighted by atomic mass is 10.1. The van der Waals surface area contributed by atoms with Crippen LogP contribution in [0.4, 0.5) is 4.39 Å². The Kier molecular flexibility index (Phi) is 4.11. The van der Waals surface area contributed by atoms with E-state index in [1.54, 1.807) is 19.2 Å². The van der Waals surface area contributed by atoms with Crippen molar-refractivity contribution in [3.8, 4) is 11.8 Å². The van der Waals surface area contributed by atoms with Crippen molar-refractivity contribution in [3.63, 3.8) is 0 Å². The summed E-state index contributed by atoms with van der Waals surface area (Å²) in [4.78, 5) is 0. The molecule has 0 saturated heterocycles. The molecule has 2 heteroatoms. The van der Waals surface area contributed by atoms with Crippen LogP contribution >= 0.6 is 0 Å². The maximum Gasteiger partial charge on any atom is 0.143 e. The van der Waals surface area contributed by atoms with Crippen molar-refractivity contribution in [2.45, 2.75) is 6.10 Å². The summed E-state index contributed by atoms with van der Waals surface area (Å²) in [5.74, 6) is 5.81. The molecule has 0 amide bonds. The van der Waals surface area contributed by atoms with Crippen molar-refractivity contribution in [2.24, 2.45) is 0 Å². The van der Waals surface area contributed by atoms with E-state index in [1.165, 1.54) is 12.1 Å². The quantitative estimate of drug-likeness (QED) is 0.729. The zero-order valence-electron chi connectivity index (χ0n) is 10.1. The van der Waals surface area contributed by atoms with Crippen LogP contribution in [0.2, 0.25) is 0 Å². The Morgan fingerprint density at radius 2 is 1.67 bits per heavy atom. The van der Waals surface area contributed by atoms with Crippen molar-refractivity contribution in [2.75, 3.05) is 7.11 Å². The second-order valence-corrected chi connectivity index (χ2v) is 3.80. The molecule has 0 fully saturated rings. The minimum atomic E-state index is -0.342. The fraction of sp³-hybridized carbons (Fsp3) is 0.125. The molecule has 1 unspecified atom stereocenters. The van der Waals surface area contributed by atoms with Gasteiger partial charge in [-0.2, -0.15) is 0 Å². The summed E-state index contributed by atoms with van der Waals surface area (Å²) in [6.45, 7) is 0. The predicted octanol–water partition coefficient (Wildman–Crippen LogP) is 3.56. The Hall–Kier alpha value is -2.11. The Morgan fingerprint density at radius 3 is 2.28 bits per heavy atom. The van der Waals surface area contributed by atoms with E-state index in [1.807, 2.05) is 30.3 Å². The molecule has 2 rings (SSSR count). The second-order valence-electron chi connectivity index (χ2n) is 3.80. The number of hydrogen-bond donors (Lipinski definition) is 0. The van der Waals surface area contributed by atoms with Gasteiger partial charge in [0.1, 0.15) is 11.9 Å². The first-order valence-electron chi connectivity index (χ1n) is 5.64. The van der Waals surface area contributed by atoms with Gasteiger partial charge in [0, 0.05) is 12.7 Å². The standard InChI is InChI=1S/C16H13FO/c1-18-16(14-8-10-15(17)11-9-14)12-7-13-5-3-2-4-6-13/h2-6,8-11,16H,1H3. The highest BCUT2D eigenvalue weighted by Crippen LogP contribution is 2.16. The van der Waals surface area contributed by atoms with Gasteiger partial charge in [0.25, 0.3) is 0 Å². The summed E-state index contributed by atoms with van der Waals surface area (Å²) in [5, 5.41) is 0. The second kappa shape index (κ2) is 6.00. The first-order chi connectivity index (χ1) is 8.79. The molecule has 0 heterocycles. The van der Waals surface area contributed by atoms with Crippen LogP contribution in [-0.2, 0) is 4.74 Å². The average molecular weight is 240 g/mol. The number of ether oxygens (including phenoxy) is 1. The number of hydrogen-bond acceptors (Lipinski definition) is 1. The molecule has 2 aromatic carbocycles. The van der Waals surface area contributed by atoms with Gasteiger partial charge in [0.2, 0.25) is 0 Å². The summed E-state index contributed by atoms with van der Waals surface area (Å²) in [6.07, 6.45) is -0.342. The fourth-order valence-electron chi connectivity index (χ4n) is 1.59. The third kappa shape index (κ3) is 3.19. The van der Waals surface area contributed by atoms with Crippen LogP contribution in [0.5, 0.6) is 0 Å². The summed E-state index contributed by atoms with van der Waals surface area (Å²) >= 11 is 0. The molecule has 0 saturated carbocycles. The van der Waals surface area contributed by atoms with Crippen molar-refractivity contribution < 1.29 is 9.13 Å². The lowest BCUT2D eigenvalue weighted by Crippen LogP contribution is -1.98. The minimum Gasteiger partial charge on any atom is -0.364 e. The summed E-state index contributed by atoms with van der Waals surface area (Å²) in [6, 6.07) is 15.9. The molecule has 90 valence electrons. The van der Waals surface area contributed by atoms with Gasteiger partial charge in [-0.05, 0) is 29.8 Å². The van der Waals surface area contributed by atoms with Gasteiger partial charge in [0.05, 0.1) is 0 Å². The van der Waals surface area contributed by atoms with Crippen LogP contribution in [0.3, 0.4) is 0 Å². The van der Waals surface area contributed by atoms with Crippen LogP contribution < -0.4 is 0 Å². The SMILES string of the molecule is COC(C#Cc1ccccc1)c1ccc(F)cc1. The highest BCUT2D eigenvalue weighted by Gasteiger charge is 2.06. The normalized spacial score (nSPS) is 11.4. The topological polar surface area (TPSA) is 9.23 Å².